The quantitative estimate of drug-likeness (QED) is 0.192. The third kappa shape index (κ3) is 9.73. The zero-order chi connectivity index (χ0) is 21.0. The summed E-state index contributed by atoms with van der Waals surface area (Å²) in [4.78, 5) is 10.8. The van der Waals surface area contributed by atoms with Gasteiger partial charge in [-0.1, -0.05) is 24.3 Å². The van der Waals surface area contributed by atoms with Gasteiger partial charge in [0.25, 0.3) is 0 Å². The van der Waals surface area contributed by atoms with Crippen LogP contribution < -0.4 is 14.8 Å². The van der Waals surface area contributed by atoms with Gasteiger partial charge >= 0.3 is 0 Å². The number of hydrogen-bond donors (Lipinski definition) is 1. The van der Waals surface area contributed by atoms with Crippen LogP contribution in [0.25, 0.3) is 0 Å². The van der Waals surface area contributed by atoms with Gasteiger partial charge in [-0.2, -0.15) is 0 Å². The van der Waals surface area contributed by atoms with E-state index in [2.05, 4.69) is 20.2 Å². The van der Waals surface area contributed by atoms with Gasteiger partial charge in [-0.05, 0) is 36.5 Å². The summed E-state index contributed by atoms with van der Waals surface area (Å²) in [6.45, 7) is 3.97. The summed E-state index contributed by atoms with van der Waals surface area (Å²) in [6, 6.07) is 13.6. The van der Waals surface area contributed by atoms with Crippen LogP contribution in [-0.2, 0) is 11.3 Å². The number of nitrogens with zero attached hydrogens (tertiary/aromatic N) is 3. The van der Waals surface area contributed by atoms with Gasteiger partial charge < -0.3 is 24.4 Å². The molecule has 2 aromatic rings. The molecule has 1 saturated carbocycles. The number of likely N-dealkylation sites (N-methyl/N-ethyl adjacent to an activating group) is 1. The second-order valence-corrected chi connectivity index (χ2v) is 7.36. The highest BCUT2D eigenvalue weighted by atomic mass is 127. The normalized spacial score (nSPS) is 13.3. The number of rotatable bonds is 12. The highest BCUT2D eigenvalue weighted by Crippen LogP contribution is 2.28. The fourth-order valence-electron chi connectivity index (χ4n) is 2.83. The molecule has 1 aliphatic carbocycles. The Morgan fingerprint density at radius 3 is 2.55 bits per heavy atom. The Labute approximate surface area is 202 Å². The fourth-order valence-corrected chi connectivity index (χ4v) is 2.83. The van der Waals surface area contributed by atoms with E-state index < -0.39 is 0 Å². The second-order valence-electron chi connectivity index (χ2n) is 7.36. The van der Waals surface area contributed by atoms with Crippen molar-refractivity contribution in [2.45, 2.75) is 19.4 Å². The van der Waals surface area contributed by atoms with Crippen LogP contribution in [0.5, 0.6) is 11.6 Å². The molecule has 1 heterocycles. The van der Waals surface area contributed by atoms with Crippen molar-refractivity contribution in [3.8, 4) is 11.6 Å². The van der Waals surface area contributed by atoms with E-state index in [4.69, 9.17) is 14.2 Å². The van der Waals surface area contributed by atoms with Crippen molar-refractivity contribution in [1.29, 1.82) is 0 Å². The van der Waals surface area contributed by atoms with Crippen molar-refractivity contribution in [2.24, 2.45) is 10.9 Å². The van der Waals surface area contributed by atoms with Crippen molar-refractivity contribution in [2.75, 3.05) is 47.1 Å². The molecule has 8 heteroatoms. The molecular weight excluding hydrogens is 507 g/mol. The summed E-state index contributed by atoms with van der Waals surface area (Å²) in [6.07, 6.45) is 4.45. The Morgan fingerprint density at radius 2 is 1.87 bits per heavy atom. The molecule has 3 rings (SSSR count). The van der Waals surface area contributed by atoms with Crippen molar-refractivity contribution in [3.63, 3.8) is 0 Å². The van der Waals surface area contributed by atoms with Gasteiger partial charge in [-0.25, -0.2) is 4.98 Å². The molecule has 0 saturated heterocycles. The molecule has 1 fully saturated rings. The first-order valence-corrected chi connectivity index (χ1v) is 10.5. The summed E-state index contributed by atoms with van der Waals surface area (Å²) in [7, 11) is 3.80. The minimum Gasteiger partial charge on any atom is -0.490 e. The van der Waals surface area contributed by atoms with Gasteiger partial charge in [0.2, 0.25) is 5.88 Å². The molecule has 0 amide bonds. The van der Waals surface area contributed by atoms with Gasteiger partial charge in [-0.3, -0.25) is 4.99 Å². The number of ether oxygens (including phenoxy) is 3. The molecule has 0 bridgehead atoms. The Bertz CT molecular complexity index is 770. The average Bonchev–Trinajstić information content (AvgIpc) is 3.61. The van der Waals surface area contributed by atoms with Crippen molar-refractivity contribution in [1.82, 2.24) is 15.2 Å². The summed E-state index contributed by atoms with van der Waals surface area (Å²) in [5.41, 5.74) is 1.06. The van der Waals surface area contributed by atoms with E-state index in [0.29, 0.717) is 25.6 Å². The number of para-hydroxylation sites is 1. The molecule has 0 aliphatic heterocycles. The number of halogens is 1. The van der Waals surface area contributed by atoms with Gasteiger partial charge in [0, 0.05) is 46.1 Å². The van der Waals surface area contributed by atoms with Gasteiger partial charge in [0.15, 0.2) is 5.96 Å². The topological polar surface area (TPSA) is 68.2 Å². The van der Waals surface area contributed by atoms with Crippen LogP contribution in [0, 0.1) is 5.92 Å². The maximum absolute atomic E-state index is 5.71. The van der Waals surface area contributed by atoms with E-state index in [-0.39, 0.29) is 24.0 Å². The number of aromatic nitrogens is 1. The number of hydrogen-bond acceptors (Lipinski definition) is 5. The minimum atomic E-state index is 0. The molecule has 1 N–H and O–H groups in total. The number of guanidine groups is 1. The Morgan fingerprint density at radius 1 is 1.10 bits per heavy atom. The summed E-state index contributed by atoms with van der Waals surface area (Å²) in [5.74, 6) is 3.06. The molecule has 7 nitrogen and oxygen atoms in total. The van der Waals surface area contributed by atoms with E-state index in [1.165, 1.54) is 12.8 Å². The third-order valence-corrected chi connectivity index (χ3v) is 4.79. The van der Waals surface area contributed by atoms with Crippen molar-refractivity contribution < 1.29 is 14.2 Å². The average molecular weight is 540 g/mol. The second kappa shape index (κ2) is 14.1. The van der Waals surface area contributed by atoms with Crippen LogP contribution in [0.3, 0.4) is 0 Å². The van der Waals surface area contributed by atoms with Crippen molar-refractivity contribution >= 4 is 29.9 Å². The first kappa shape index (κ1) is 25.2. The molecule has 1 aromatic carbocycles. The number of pyridine rings is 1. The lowest BCUT2D eigenvalue weighted by Crippen LogP contribution is -2.40. The molecule has 0 radical (unpaired) electrons. The SMILES string of the molecule is CN=C(NCc1ccc(OCCOc2ccccc2)nc1)N(C)CCOCC1CC1.I. The monoisotopic (exact) mass is 540 g/mol. The zero-order valence-corrected chi connectivity index (χ0v) is 20.7. The fraction of sp³-hybridized carbons (Fsp3) is 0.478. The van der Waals surface area contributed by atoms with E-state index in [9.17, 15) is 0 Å². The van der Waals surface area contributed by atoms with Crippen LogP contribution in [0.4, 0.5) is 0 Å². The van der Waals surface area contributed by atoms with E-state index in [1.807, 2.05) is 55.7 Å². The lowest BCUT2D eigenvalue weighted by Gasteiger charge is -2.22. The van der Waals surface area contributed by atoms with E-state index >= 15 is 0 Å². The van der Waals surface area contributed by atoms with Crippen LogP contribution in [-0.4, -0.2) is 62.9 Å². The van der Waals surface area contributed by atoms with Gasteiger partial charge in [0.1, 0.15) is 19.0 Å². The first-order valence-electron chi connectivity index (χ1n) is 10.5. The number of benzene rings is 1. The lowest BCUT2D eigenvalue weighted by molar-refractivity contribution is 0.115. The van der Waals surface area contributed by atoms with Crippen LogP contribution in [0.2, 0.25) is 0 Å². The van der Waals surface area contributed by atoms with Crippen LogP contribution in [0.1, 0.15) is 18.4 Å². The molecule has 1 aromatic heterocycles. The third-order valence-electron chi connectivity index (χ3n) is 4.79. The molecule has 0 spiro atoms. The van der Waals surface area contributed by atoms with Crippen LogP contribution in [0.15, 0.2) is 53.7 Å². The summed E-state index contributed by atoms with van der Waals surface area (Å²) in [5, 5.41) is 3.36. The number of aliphatic imine (C=N–C) groups is 1. The number of nitrogens with one attached hydrogen (secondary N) is 1. The maximum atomic E-state index is 5.71. The Balaban J connectivity index is 0.00000341. The predicted octanol–water partition coefficient (Wildman–Crippen LogP) is 3.59. The summed E-state index contributed by atoms with van der Waals surface area (Å²) < 4.78 is 17.0. The molecule has 170 valence electrons. The molecule has 31 heavy (non-hydrogen) atoms. The smallest absolute Gasteiger partial charge is 0.213 e. The van der Waals surface area contributed by atoms with Crippen LogP contribution >= 0.6 is 24.0 Å². The largest absolute Gasteiger partial charge is 0.490 e. The minimum absolute atomic E-state index is 0. The predicted molar refractivity (Wildman–Crippen MR) is 133 cm³/mol. The standard InChI is InChI=1S/C23H32N4O3.HI/c1-24-23(27(2)12-13-28-18-19-8-9-19)26-17-20-10-11-22(25-16-20)30-15-14-29-21-6-4-3-5-7-21;/h3-7,10-11,16,19H,8-9,12-15,17-18H2,1-2H3,(H,24,26);1H. The molecular formula is C23H33IN4O3. The Hall–Kier alpha value is -2.07. The zero-order valence-electron chi connectivity index (χ0n) is 18.3. The van der Waals surface area contributed by atoms with Crippen molar-refractivity contribution in [3.05, 3.63) is 54.2 Å². The maximum Gasteiger partial charge on any atom is 0.213 e. The highest BCUT2D eigenvalue weighted by molar-refractivity contribution is 14.0. The molecule has 0 atom stereocenters. The molecule has 0 unspecified atom stereocenters. The highest BCUT2D eigenvalue weighted by Gasteiger charge is 2.21. The van der Waals surface area contributed by atoms with Gasteiger partial charge in [0.05, 0.1) is 6.61 Å². The molecule has 1 aliphatic rings. The van der Waals surface area contributed by atoms with E-state index in [1.54, 1.807) is 7.05 Å². The first-order chi connectivity index (χ1) is 14.7. The van der Waals surface area contributed by atoms with E-state index in [0.717, 1.165) is 42.9 Å². The summed E-state index contributed by atoms with van der Waals surface area (Å²) >= 11 is 0. The van der Waals surface area contributed by atoms with Gasteiger partial charge in [-0.15, -0.1) is 24.0 Å². The lowest BCUT2D eigenvalue weighted by atomic mass is 10.3. The Kier molecular flexibility index (Phi) is 11.4.